The van der Waals surface area contributed by atoms with Gasteiger partial charge in [-0.1, -0.05) is 59.0 Å². The van der Waals surface area contributed by atoms with Gasteiger partial charge in [0.2, 0.25) is 0 Å². The van der Waals surface area contributed by atoms with Gasteiger partial charge in [0.05, 0.1) is 0 Å². The molecule has 0 radical (unpaired) electrons. The highest BCUT2D eigenvalue weighted by Gasteiger charge is 2.81. The molecule has 164 valence electrons. The first-order valence-corrected chi connectivity index (χ1v) is 10.5. The van der Waals surface area contributed by atoms with Crippen molar-refractivity contribution in [2.24, 2.45) is 0 Å². The second-order valence-electron chi connectivity index (χ2n) is 6.75. The smallest absolute Gasteiger partial charge is 0.200 e. The van der Waals surface area contributed by atoms with Crippen LogP contribution < -0.4 is 0 Å². The Morgan fingerprint density at radius 2 is 1.37 bits per heavy atom. The van der Waals surface area contributed by atoms with Gasteiger partial charge in [0.25, 0.3) is 0 Å². The van der Waals surface area contributed by atoms with Crippen LogP contribution in [0.25, 0.3) is 20.2 Å². The summed E-state index contributed by atoms with van der Waals surface area (Å²) < 4.78 is 118. The van der Waals surface area contributed by atoms with E-state index in [-0.39, 0.29) is 6.42 Å². The van der Waals surface area contributed by atoms with Crippen LogP contribution in [0.5, 0.6) is 0 Å². The molecule has 0 amide bonds. The molecule has 1 aromatic heterocycles. The fourth-order valence-electron chi connectivity index (χ4n) is 3.09. The lowest BCUT2D eigenvalue weighted by molar-refractivity contribution is -0.396. The van der Waals surface area contributed by atoms with Crippen LogP contribution in [-0.2, 0) is 6.42 Å². The van der Waals surface area contributed by atoms with Gasteiger partial charge in [-0.3, -0.25) is 0 Å². The summed E-state index contributed by atoms with van der Waals surface area (Å²) >= 11 is 2.73. The zero-order chi connectivity index (χ0) is 22.5. The Morgan fingerprint density at radius 1 is 0.767 bits per heavy atom. The highest BCUT2D eigenvalue weighted by Crippen LogP contribution is 2.54. The lowest BCUT2D eigenvalue weighted by atomic mass is 9.97. The van der Waals surface area contributed by atoms with Crippen LogP contribution in [0.3, 0.4) is 0 Å². The summed E-state index contributed by atoms with van der Waals surface area (Å²) in [4.78, 5) is 0. The molecule has 30 heavy (non-hydrogen) atoms. The molecular formula is C19H12F9IS. The van der Waals surface area contributed by atoms with Crippen LogP contribution in [-0.4, -0.2) is 27.9 Å². The van der Waals surface area contributed by atoms with Gasteiger partial charge >= 0.3 is 23.9 Å². The maximum absolute atomic E-state index is 13.9. The molecule has 3 aromatic rings. The van der Waals surface area contributed by atoms with E-state index in [1.165, 1.54) is 33.9 Å². The largest absolute Gasteiger partial charge is 0.460 e. The van der Waals surface area contributed by atoms with Gasteiger partial charge in [-0.05, 0) is 18.1 Å². The van der Waals surface area contributed by atoms with E-state index in [0.717, 1.165) is 20.2 Å². The first-order chi connectivity index (χ1) is 13.7. The number of rotatable bonds is 6. The number of fused-ring (bicyclic) bond motifs is 3. The molecule has 0 spiro atoms. The summed E-state index contributed by atoms with van der Waals surface area (Å²) in [6.07, 6.45) is -8.84. The molecule has 1 unspecified atom stereocenters. The second-order valence-corrected chi connectivity index (χ2v) is 9.56. The quantitative estimate of drug-likeness (QED) is 0.159. The Kier molecular flexibility index (Phi) is 6.02. The number of alkyl halides is 10. The third-order valence-corrected chi connectivity index (χ3v) is 6.76. The van der Waals surface area contributed by atoms with Crippen molar-refractivity contribution in [3.8, 4) is 0 Å². The summed E-state index contributed by atoms with van der Waals surface area (Å²) in [7, 11) is 0. The fourth-order valence-corrected chi connectivity index (χ4v) is 5.34. The first-order valence-electron chi connectivity index (χ1n) is 8.42. The van der Waals surface area contributed by atoms with Crippen LogP contribution in [0.4, 0.5) is 39.5 Å². The third kappa shape index (κ3) is 3.87. The molecule has 11 heteroatoms. The van der Waals surface area contributed by atoms with E-state index in [4.69, 9.17) is 0 Å². The Morgan fingerprint density at radius 3 is 2.00 bits per heavy atom. The van der Waals surface area contributed by atoms with Crippen molar-refractivity contribution in [3.63, 3.8) is 0 Å². The van der Waals surface area contributed by atoms with E-state index in [2.05, 4.69) is 0 Å². The topological polar surface area (TPSA) is 0 Å². The van der Waals surface area contributed by atoms with E-state index in [1.807, 2.05) is 24.3 Å². The number of hydrogen-bond donors (Lipinski definition) is 0. The second kappa shape index (κ2) is 7.72. The lowest BCUT2D eigenvalue weighted by Crippen LogP contribution is -2.61. The number of hydrogen-bond acceptors (Lipinski definition) is 1. The molecule has 1 atom stereocenters. The van der Waals surface area contributed by atoms with Crippen molar-refractivity contribution >= 4 is 54.1 Å². The van der Waals surface area contributed by atoms with Crippen molar-refractivity contribution < 1.29 is 39.5 Å². The average molecular weight is 570 g/mol. The highest BCUT2D eigenvalue weighted by molar-refractivity contribution is 14.1. The predicted molar refractivity (Wildman–Crippen MR) is 106 cm³/mol. The van der Waals surface area contributed by atoms with Crippen LogP contribution in [0, 0.1) is 0 Å². The van der Waals surface area contributed by atoms with Crippen LogP contribution in [0.2, 0.25) is 0 Å². The van der Waals surface area contributed by atoms with E-state index < -0.39 is 34.3 Å². The molecule has 0 nitrogen and oxygen atoms in total. The van der Waals surface area contributed by atoms with Gasteiger partial charge in [0.15, 0.2) is 0 Å². The minimum Gasteiger partial charge on any atom is -0.200 e. The molecule has 0 aliphatic carbocycles. The Bertz CT molecular complexity index is 1060. The van der Waals surface area contributed by atoms with E-state index in [0.29, 0.717) is 5.56 Å². The standard InChI is InChI=1S/C19H12F9IS/c20-16(21,17(22,23)18(24,25)19(26,27)28)9-11(29)8-10-4-3-6-13-12-5-1-2-7-14(12)30-15(10)13/h1-7,11H,8-9H2. The molecule has 0 bridgehead atoms. The van der Waals surface area contributed by atoms with Gasteiger partial charge < -0.3 is 0 Å². The van der Waals surface area contributed by atoms with Crippen molar-refractivity contribution in [2.75, 3.05) is 0 Å². The minimum absolute atomic E-state index is 0.200. The molecule has 1 heterocycles. The minimum atomic E-state index is -6.86. The SMILES string of the molecule is FC(F)(F)C(F)(F)C(F)(F)C(F)(F)CC(I)Cc1cccc2c1sc1ccccc12. The number of thiophene rings is 1. The van der Waals surface area contributed by atoms with Crippen LogP contribution in [0.15, 0.2) is 42.5 Å². The average Bonchev–Trinajstić information content (AvgIpc) is 3.00. The van der Waals surface area contributed by atoms with Gasteiger partial charge in [0, 0.05) is 30.5 Å². The normalized spacial score (nSPS) is 15.1. The molecule has 0 aliphatic rings. The Balaban J connectivity index is 1.87. The van der Waals surface area contributed by atoms with Crippen molar-refractivity contribution in [1.82, 2.24) is 0 Å². The molecule has 3 rings (SSSR count). The molecular weight excluding hydrogens is 558 g/mol. The first kappa shape index (κ1) is 23.4. The summed E-state index contributed by atoms with van der Waals surface area (Å²) in [5.74, 6) is -19.0. The van der Waals surface area contributed by atoms with Crippen LogP contribution >= 0.6 is 33.9 Å². The third-order valence-electron chi connectivity index (χ3n) is 4.61. The molecule has 0 saturated heterocycles. The molecule has 2 aromatic carbocycles. The monoisotopic (exact) mass is 570 g/mol. The van der Waals surface area contributed by atoms with Gasteiger partial charge in [0.1, 0.15) is 0 Å². The zero-order valence-corrected chi connectivity index (χ0v) is 17.7. The van der Waals surface area contributed by atoms with Crippen molar-refractivity contribution in [2.45, 2.75) is 40.7 Å². The molecule has 0 N–H and O–H groups in total. The highest BCUT2D eigenvalue weighted by atomic mass is 127. The molecule has 0 saturated carbocycles. The Hall–Kier alpha value is -1.24. The zero-order valence-electron chi connectivity index (χ0n) is 14.7. The van der Waals surface area contributed by atoms with Crippen molar-refractivity contribution in [1.29, 1.82) is 0 Å². The van der Waals surface area contributed by atoms with E-state index >= 15 is 0 Å². The summed E-state index contributed by atoms with van der Waals surface area (Å²) in [6.45, 7) is 0. The number of halogens is 10. The van der Waals surface area contributed by atoms with E-state index in [9.17, 15) is 39.5 Å². The van der Waals surface area contributed by atoms with Gasteiger partial charge in [-0.25, -0.2) is 0 Å². The molecule has 0 aliphatic heterocycles. The fraction of sp³-hybridized carbons (Fsp3) is 0.368. The Labute approximate surface area is 182 Å². The summed E-state index contributed by atoms with van der Waals surface area (Å²) in [6, 6.07) is 12.3. The van der Waals surface area contributed by atoms with Crippen molar-refractivity contribution in [3.05, 3.63) is 48.0 Å². The predicted octanol–water partition coefficient (Wildman–Crippen LogP) is 8.26. The summed E-state index contributed by atoms with van der Waals surface area (Å²) in [5.41, 5.74) is 0.523. The van der Waals surface area contributed by atoms with Gasteiger partial charge in [-0.15, -0.1) is 11.3 Å². The maximum Gasteiger partial charge on any atom is 0.460 e. The van der Waals surface area contributed by atoms with Crippen LogP contribution in [0.1, 0.15) is 12.0 Å². The lowest BCUT2D eigenvalue weighted by Gasteiger charge is -2.34. The maximum atomic E-state index is 13.9. The van der Waals surface area contributed by atoms with Gasteiger partial charge in [-0.2, -0.15) is 39.5 Å². The van der Waals surface area contributed by atoms with E-state index in [1.54, 1.807) is 18.2 Å². The number of benzene rings is 2. The summed E-state index contributed by atoms with van der Waals surface area (Å²) in [5, 5.41) is 1.73. The molecule has 0 fully saturated rings.